The van der Waals surface area contributed by atoms with Crippen LogP contribution in [0.1, 0.15) is 20.3 Å². The summed E-state index contributed by atoms with van der Waals surface area (Å²) < 4.78 is 0. The van der Waals surface area contributed by atoms with E-state index in [1.54, 1.807) is 0 Å². The number of nitrogens with two attached hydrogens (primary N) is 1. The van der Waals surface area contributed by atoms with E-state index in [-0.39, 0.29) is 0 Å². The number of rotatable bonds is 5. The molecule has 0 amide bonds. The SMILES string of the molecule is CN(CCCN)CC(C)(C)O. The Hall–Kier alpha value is -0.120. The molecule has 0 aliphatic rings. The van der Waals surface area contributed by atoms with E-state index >= 15 is 0 Å². The highest BCUT2D eigenvalue weighted by Crippen LogP contribution is 2.02. The number of nitrogens with zero attached hydrogens (tertiary/aromatic N) is 1. The van der Waals surface area contributed by atoms with E-state index in [0.29, 0.717) is 6.54 Å². The highest BCUT2D eigenvalue weighted by atomic mass is 16.3. The van der Waals surface area contributed by atoms with Crippen molar-refractivity contribution in [3.63, 3.8) is 0 Å². The second kappa shape index (κ2) is 4.70. The van der Waals surface area contributed by atoms with Gasteiger partial charge >= 0.3 is 0 Å². The molecular weight excluding hydrogens is 140 g/mol. The van der Waals surface area contributed by atoms with Crippen molar-refractivity contribution in [2.75, 3.05) is 26.7 Å². The van der Waals surface area contributed by atoms with Crippen molar-refractivity contribution in [2.45, 2.75) is 25.9 Å². The summed E-state index contributed by atoms with van der Waals surface area (Å²) in [6.07, 6.45) is 0.993. The lowest BCUT2D eigenvalue weighted by Crippen LogP contribution is -2.37. The van der Waals surface area contributed by atoms with Crippen LogP contribution >= 0.6 is 0 Å². The molecule has 0 aromatic heterocycles. The summed E-state index contributed by atoms with van der Waals surface area (Å²) in [5.41, 5.74) is 4.76. The summed E-state index contributed by atoms with van der Waals surface area (Å²) in [4.78, 5) is 2.09. The van der Waals surface area contributed by atoms with E-state index in [4.69, 9.17) is 5.73 Å². The molecule has 0 radical (unpaired) electrons. The van der Waals surface area contributed by atoms with Crippen molar-refractivity contribution in [1.82, 2.24) is 4.90 Å². The minimum absolute atomic E-state index is 0.594. The molecule has 0 rings (SSSR count). The number of aliphatic hydroxyl groups is 1. The molecular formula is C8H20N2O. The first-order valence-corrected chi connectivity index (χ1v) is 4.07. The molecule has 0 unspecified atom stereocenters. The van der Waals surface area contributed by atoms with Gasteiger partial charge in [0.25, 0.3) is 0 Å². The van der Waals surface area contributed by atoms with Gasteiger partial charge in [0.2, 0.25) is 0 Å². The monoisotopic (exact) mass is 160 g/mol. The van der Waals surface area contributed by atoms with Crippen molar-refractivity contribution in [3.8, 4) is 0 Å². The first kappa shape index (κ1) is 10.9. The third-order valence-electron chi connectivity index (χ3n) is 1.40. The van der Waals surface area contributed by atoms with Crippen LogP contribution < -0.4 is 5.73 Å². The molecule has 0 fully saturated rings. The minimum atomic E-state index is -0.594. The maximum absolute atomic E-state index is 9.41. The number of likely N-dealkylation sites (N-methyl/N-ethyl adjacent to an activating group) is 1. The first-order valence-electron chi connectivity index (χ1n) is 4.07. The molecule has 0 spiro atoms. The van der Waals surface area contributed by atoms with E-state index in [9.17, 15) is 5.11 Å². The largest absolute Gasteiger partial charge is 0.389 e. The Balaban J connectivity index is 3.44. The van der Waals surface area contributed by atoms with Gasteiger partial charge in [-0.1, -0.05) is 0 Å². The predicted octanol–water partition coefficient (Wildman–Crippen LogP) is 0.0379. The van der Waals surface area contributed by atoms with Gasteiger partial charge in [-0.15, -0.1) is 0 Å². The van der Waals surface area contributed by atoms with Crippen LogP contribution in [0.5, 0.6) is 0 Å². The Morgan fingerprint density at radius 1 is 1.45 bits per heavy atom. The average Bonchev–Trinajstić information content (AvgIpc) is 1.79. The van der Waals surface area contributed by atoms with Crippen molar-refractivity contribution < 1.29 is 5.11 Å². The van der Waals surface area contributed by atoms with Crippen LogP contribution in [0.4, 0.5) is 0 Å². The first-order chi connectivity index (χ1) is 4.95. The lowest BCUT2D eigenvalue weighted by molar-refractivity contribution is 0.0445. The molecule has 3 heteroatoms. The lowest BCUT2D eigenvalue weighted by atomic mass is 10.1. The Kier molecular flexibility index (Phi) is 4.65. The summed E-state index contributed by atoms with van der Waals surface area (Å²) >= 11 is 0. The van der Waals surface area contributed by atoms with E-state index in [1.807, 2.05) is 20.9 Å². The van der Waals surface area contributed by atoms with Crippen LogP contribution in [-0.2, 0) is 0 Å². The molecule has 11 heavy (non-hydrogen) atoms. The summed E-state index contributed by atoms with van der Waals surface area (Å²) in [6, 6.07) is 0. The van der Waals surface area contributed by atoms with Gasteiger partial charge in [0.1, 0.15) is 0 Å². The van der Waals surface area contributed by atoms with Crippen LogP contribution in [0.15, 0.2) is 0 Å². The van der Waals surface area contributed by atoms with Gasteiger partial charge in [0, 0.05) is 6.54 Å². The molecule has 0 bridgehead atoms. The van der Waals surface area contributed by atoms with E-state index in [0.717, 1.165) is 19.5 Å². The van der Waals surface area contributed by atoms with E-state index < -0.39 is 5.60 Å². The number of hydrogen-bond donors (Lipinski definition) is 2. The summed E-state index contributed by atoms with van der Waals surface area (Å²) in [5.74, 6) is 0. The van der Waals surface area contributed by atoms with Crippen molar-refractivity contribution in [1.29, 1.82) is 0 Å². The fraction of sp³-hybridized carbons (Fsp3) is 1.00. The van der Waals surface area contributed by atoms with Gasteiger partial charge in [-0.2, -0.15) is 0 Å². The minimum Gasteiger partial charge on any atom is -0.389 e. The van der Waals surface area contributed by atoms with Gasteiger partial charge in [-0.05, 0) is 40.4 Å². The van der Waals surface area contributed by atoms with Crippen molar-refractivity contribution >= 4 is 0 Å². The van der Waals surface area contributed by atoms with Crippen molar-refractivity contribution in [3.05, 3.63) is 0 Å². The average molecular weight is 160 g/mol. The normalized spacial score (nSPS) is 12.5. The standard InChI is InChI=1S/C8H20N2O/c1-8(2,11)7-10(3)6-4-5-9/h11H,4-7,9H2,1-3H3. The van der Waals surface area contributed by atoms with E-state index in [2.05, 4.69) is 4.90 Å². The molecule has 0 aromatic rings. The number of hydrogen-bond acceptors (Lipinski definition) is 3. The topological polar surface area (TPSA) is 49.5 Å². The summed E-state index contributed by atoms with van der Waals surface area (Å²) in [6.45, 7) is 6.00. The molecule has 68 valence electrons. The third-order valence-corrected chi connectivity index (χ3v) is 1.40. The fourth-order valence-electron chi connectivity index (χ4n) is 1.10. The zero-order chi connectivity index (χ0) is 8.91. The van der Waals surface area contributed by atoms with Crippen LogP contribution in [0.3, 0.4) is 0 Å². The predicted molar refractivity (Wildman–Crippen MR) is 47.5 cm³/mol. The van der Waals surface area contributed by atoms with Crippen LogP contribution in [0.2, 0.25) is 0 Å². The molecule has 3 N–H and O–H groups in total. The Labute approximate surface area is 69.2 Å². The molecule has 0 aromatic carbocycles. The molecule has 0 aliphatic heterocycles. The fourth-order valence-corrected chi connectivity index (χ4v) is 1.10. The van der Waals surface area contributed by atoms with Gasteiger partial charge in [-0.3, -0.25) is 0 Å². The zero-order valence-electron chi connectivity index (χ0n) is 7.80. The molecule has 0 saturated carbocycles. The Morgan fingerprint density at radius 2 is 2.00 bits per heavy atom. The van der Waals surface area contributed by atoms with E-state index in [1.165, 1.54) is 0 Å². The maximum atomic E-state index is 9.41. The maximum Gasteiger partial charge on any atom is 0.0718 e. The Morgan fingerprint density at radius 3 is 2.36 bits per heavy atom. The van der Waals surface area contributed by atoms with Gasteiger partial charge in [-0.25, -0.2) is 0 Å². The van der Waals surface area contributed by atoms with Gasteiger partial charge < -0.3 is 15.7 Å². The second-order valence-corrected chi connectivity index (χ2v) is 3.69. The molecule has 0 atom stereocenters. The second-order valence-electron chi connectivity index (χ2n) is 3.69. The molecule has 3 nitrogen and oxygen atoms in total. The van der Waals surface area contributed by atoms with Crippen molar-refractivity contribution in [2.24, 2.45) is 5.73 Å². The summed E-state index contributed by atoms with van der Waals surface area (Å²) in [7, 11) is 1.99. The summed E-state index contributed by atoms with van der Waals surface area (Å²) in [5, 5.41) is 9.41. The highest BCUT2D eigenvalue weighted by molar-refractivity contribution is 4.69. The quantitative estimate of drug-likeness (QED) is 0.597. The lowest BCUT2D eigenvalue weighted by Gasteiger charge is -2.25. The van der Waals surface area contributed by atoms with Crippen LogP contribution in [0, 0.1) is 0 Å². The van der Waals surface area contributed by atoms with Gasteiger partial charge in [0.05, 0.1) is 5.60 Å². The molecule has 0 heterocycles. The van der Waals surface area contributed by atoms with Crippen LogP contribution in [0.25, 0.3) is 0 Å². The smallest absolute Gasteiger partial charge is 0.0718 e. The molecule has 0 aliphatic carbocycles. The van der Waals surface area contributed by atoms with Crippen LogP contribution in [-0.4, -0.2) is 42.3 Å². The third kappa shape index (κ3) is 7.78. The van der Waals surface area contributed by atoms with Gasteiger partial charge in [0.15, 0.2) is 0 Å². The highest BCUT2D eigenvalue weighted by Gasteiger charge is 2.14. The Bertz CT molecular complexity index is 98.8. The molecule has 0 saturated heterocycles. The zero-order valence-corrected chi connectivity index (χ0v) is 7.80.